The van der Waals surface area contributed by atoms with Crippen LogP contribution < -0.4 is 5.32 Å². The average molecular weight is 252 g/mol. The second kappa shape index (κ2) is 5.55. The van der Waals surface area contributed by atoms with Crippen LogP contribution in [0.4, 0.5) is 13.2 Å². The van der Waals surface area contributed by atoms with Gasteiger partial charge in [0.2, 0.25) is 0 Å². The van der Waals surface area contributed by atoms with Gasteiger partial charge >= 0.3 is 6.18 Å². The van der Waals surface area contributed by atoms with Crippen LogP contribution in [0.3, 0.4) is 0 Å². The normalized spacial score (nSPS) is 13.8. The molecule has 0 amide bonds. The Morgan fingerprint density at radius 2 is 1.94 bits per heavy atom. The van der Waals surface area contributed by atoms with Crippen LogP contribution in [-0.2, 0) is 0 Å². The lowest BCUT2D eigenvalue weighted by atomic mass is 10.0. The molecule has 0 saturated carbocycles. The van der Waals surface area contributed by atoms with Crippen LogP contribution in [0.25, 0.3) is 0 Å². The summed E-state index contributed by atoms with van der Waals surface area (Å²) in [6.45, 7) is 0. The third-order valence-corrected chi connectivity index (χ3v) is 2.69. The van der Waals surface area contributed by atoms with E-state index in [1.54, 1.807) is 31.3 Å². The zero-order chi connectivity index (χ0) is 12.2. The van der Waals surface area contributed by atoms with E-state index in [1.807, 2.05) is 0 Å². The number of benzene rings is 1. The Bertz CT molecular complexity index is 338. The van der Waals surface area contributed by atoms with Gasteiger partial charge in [0.15, 0.2) is 0 Å². The lowest BCUT2D eigenvalue weighted by Crippen LogP contribution is -2.19. The first kappa shape index (κ1) is 13.3. The summed E-state index contributed by atoms with van der Waals surface area (Å²) in [4.78, 5) is 0. The molecule has 1 atom stereocenters. The molecule has 0 aliphatic carbocycles. The van der Waals surface area contributed by atoms with Crippen molar-refractivity contribution in [3.05, 3.63) is 34.9 Å². The van der Waals surface area contributed by atoms with Crippen LogP contribution in [0.2, 0.25) is 5.02 Å². The molecule has 0 aromatic heterocycles. The minimum atomic E-state index is -4.13. The molecule has 1 rings (SSSR count). The summed E-state index contributed by atoms with van der Waals surface area (Å²) >= 11 is 5.93. The van der Waals surface area contributed by atoms with Gasteiger partial charge in [0.05, 0.1) is 0 Å². The Kier molecular flexibility index (Phi) is 4.62. The summed E-state index contributed by atoms with van der Waals surface area (Å²) in [5.74, 6) is 0. The van der Waals surface area contributed by atoms with Gasteiger partial charge in [-0.2, -0.15) is 13.2 Å². The highest BCUT2D eigenvalue weighted by Gasteiger charge is 2.28. The van der Waals surface area contributed by atoms with Gasteiger partial charge < -0.3 is 5.32 Å². The lowest BCUT2D eigenvalue weighted by molar-refractivity contribution is -0.136. The molecule has 1 unspecified atom stereocenters. The Morgan fingerprint density at radius 1 is 1.31 bits per heavy atom. The molecule has 0 fully saturated rings. The van der Waals surface area contributed by atoms with Crippen LogP contribution in [-0.4, -0.2) is 13.2 Å². The minimum absolute atomic E-state index is 0.0102. The number of halogens is 4. The highest BCUT2D eigenvalue weighted by atomic mass is 35.5. The van der Waals surface area contributed by atoms with Gasteiger partial charge in [0, 0.05) is 17.5 Å². The minimum Gasteiger partial charge on any atom is -0.313 e. The Balaban J connectivity index is 2.72. The SMILES string of the molecule is CNC(CCC(F)(F)F)c1ccccc1Cl. The Hall–Kier alpha value is -0.740. The van der Waals surface area contributed by atoms with E-state index in [1.165, 1.54) is 0 Å². The summed E-state index contributed by atoms with van der Waals surface area (Å²) in [7, 11) is 1.63. The van der Waals surface area contributed by atoms with Crippen LogP contribution in [0.1, 0.15) is 24.4 Å². The molecular formula is C11H13ClF3N. The second-order valence-corrected chi connectivity index (χ2v) is 3.92. The van der Waals surface area contributed by atoms with Crippen molar-refractivity contribution in [1.29, 1.82) is 0 Å². The molecule has 0 aliphatic rings. The van der Waals surface area contributed by atoms with Crippen LogP contribution >= 0.6 is 11.6 Å². The number of alkyl halides is 3. The number of hydrogen-bond donors (Lipinski definition) is 1. The zero-order valence-corrected chi connectivity index (χ0v) is 9.57. The van der Waals surface area contributed by atoms with Crippen molar-refractivity contribution in [2.75, 3.05) is 7.05 Å². The quantitative estimate of drug-likeness (QED) is 0.855. The fourth-order valence-electron chi connectivity index (χ4n) is 1.52. The van der Waals surface area contributed by atoms with E-state index in [0.717, 1.165) is 0 Å². The maximum absolute atomic E-state index is 12.1. The monoisotopic (exact) mass is 251 g/mol. The molecular weight excluding hydrogens is 239 g/mol. The highest BCUT2D eigenvalue weighted by Crippen LogP contribution is 2.30. The Morgan fingerprint density at radius 3 is 2.44 bits per heavy atom. The fraction of sp³-hybridized carbons (Fsp3) is 0.455. The molecule has 0 bridgehead atoms. The first-order valence-electron chi connectivity index (χ1n) is 4.92. The molecule has 0 heterocycles. The fourth-order valence-corrected chi connectivity index (χ4v) is 1.79. The molecule has 0 aliphatic heterocycles. The Labute approximate surface area is 97.6 Å². The molecule has 0 radical (unpaired) electrons. The van der Waals surface area contributed by atoms with Crippen molar-refractivity contribution in [1.82, 2.24) is 5.32 Å². The summed E-state index contributed by atoms with van der Waals surface area (Å²) in [6.07, 6.45) is -4.95. The van der Waals surface area contributed by atoms with Crippen LogP contribution in [0, 0.1) is 0 Å². The summed E-state index contributed by atoms with van der Waals surface area (Å²) in [6, 6.07) is 6.56. The highest BCUT2D eigenvalue weighted by molar-refractivity contribution is 6.31. The molecule has 1 aromatic rings. The molecule has 16 heavy (non-hydrogen) atoms. The maximum Gasteiger partial charge on any atom is 0.389 e. The van der Waals surface area contributed by atoms with E-state index in [9.17, 15) is 13.2 Å². The van der Waals surface area contributed by atoms with Crippen molar-refractivity contribution in [2.45, 2.75) is 25.1 Å². The van der Waals surface area contributed by atoms with Crippen LogP contribution in [0.5, 0.6) is 0 Å². The number of hydrogen-bond acceptors (Lipinski definition) is 1. The first-order chi connectivity index (χ1) is 7.44. The third kappa shape index (κ3) is 4.02. The molecule has 1 aromatic carbocycles. The zero-order valence-electron chi connectivity index (χ0n) is 8.81. The average Bonchev–Trinajstić information content (AvgIpc) is 2.20. The predicted octanol–water partition coefficient (Wildman–Crippen LogP) is 3.94. The lowest BCUT2D eigenvalue weighted by Gasteiger charge is -2.18. The van der Waals surface area contributed by atoms with Crippen molar-refractivity contribution in [3.63, 3.8) is 0 Å². The maximum atomic E-state index is 12.1. The molecule has 90 valence electrons. The first-order valence-corrected chi connectivity index (χ1v) is 5.30. The summed E-state index contributed by atoms with van der Waals surface area (Å²) < 4.78 is 36.3. The largest absolute Gasteiger partial charge is 0.389 e. The molecule has 0 saturated heterocycles. The summed E-state index contributed by atoms with van der Waals surface area (Å²) in [5.41, 5.74) is 0.705. The van der Waals surface area contributed by atoms with E-state index < -0.39 is 12.6 Å². The second-order valence-electron chi connectivity index (χ2n) is 3.52. The van der Waals surface area contributed by atoms with E-state index in [2.05, 4.69) is 5.32 Å². The summed E-state index contributed by atoms with van der Waals surface area (Å²) in [5, 5.41) is 3.34. The number of rotatable bonds is 4. The predicted molar refractivity (Wildman–Crippen MR) is 58.5 cm³/mol. The van der Waals surface area contributed by atoms with Gasteiger partial charge in [0.25, 0.3) is 0 Å². The van der Waals surface area contributed by atoms with Crippen molar-refractivity contribution in [3.8, 4) is 0 Å². The van der Waals surface area contributed by atoms with Gasteiger partial charge in [-0.05, 0) is 25.1 Å². The van der Waals surface area contributed by atoms with Crippen molar-refractivity contribution < 1.29 is 13.2 Å². The van der Waals surface area contributed by atoms with Gasteiger partial charge in [-0.3, -0.25) is 0 Å². The van der Waals surface area contributed by atoms with Crippen LogP contribution in [0.15, 0.2) is 24.3 Å². The van der Waals surface area contributed by atoms with Gasteiger partial charge in [-0.25, -0.2) is 0 Å². The smallest absolute Gasteiger partial charge is 0.313 e. The van der Waals surface area contributed by atoms with E-state index in [4.69, 9.17) is 11.6 Å². The van der Waals surface area contributed by atoms with Gasteiger partial charge in [-0.15, -0.1) is 0 Å². The van der Waals surface area contributed by atoms with Crippen molar-refractivity contribution in [2.24, 2.45) is 0 Å². The van der Waals surface area contributed by atoms with Crippen molar-refractivity contribution >= 4 is 11.6 Å². The van der Waals surface area contributed by atoms with Gasteiger partial charge in [-0.1, -0.05) is 29.8 Å². The van der Waals surface area contributed by atoms with E-state index >= 15 is 0 Å². The topological polar surface area (TPSA) is 12.0 Å². The molecule has 5 heteroatoms. The van der Waals surface area contributed by atoms with Gasteiger partial charge in [0.1, 0.15) is 0 Å². The van der Waals surface area contributed by atoms with E-state index in [0.29, 0.717) is 10.6 Å². The molecule has 1 N–H and O–H groups in total. The standard InChI is InChI=1S/C11H13ClF3N/c1-16-10(6-7-11(13,14)15)8-4-2-3-5-9(8)12/h2-5,10,16H,6-7H2,1H3. The molecule has 0 spiro atoms. The third-order valence-electron chi connectivity index (χ3n) is 2.35. The van der Waals surface area contributed by atoms with E-state index in [-0.39, 0.29) is 12.5 Å². The molecule has 1 nitrogen and oxygen atoms in total. The number of nitrogens with one attached hydrogen (secondary N) is 1.